The van der Waals surface area contributed by atoms with Crippen LogP contribution in [-0.4, -0.2) is 65.1 Å². The lowest BCUT2D eigenvalue weighted by atomic mass is 10.1. The molecule has 1 fully saturated rings. The van der Waals surface area contributed by atoms with Gasteiger partial charge in [0.25, 0.3) is 15.9 Å². The van der Waals surface area contributed by atoms with Gasteiger partial charge in [0.15, 0.2) is 0 Å². The van der Waals surface area contributed by atoms with Crippen molar-refractivity contribution >= 4 is 33.2 Å². The van der Waals surface area contributed by atoms with E-state index in [9.17, 15) is 18.0 Å². The summed E-state index contributed by atoms with van der Waals surface area (Å²) in [7, 11) is -2.62. The van der Waals surface area contributed by atoms with E-state index in [-0.39, 0.29) is 16.5 Å². The Balaban J connectivity index is 1.63. The lowest BCUT2D eigenvalue weighted by molar-refractivity contribution is -0.114. The van der Waals surface area contributed by atoms with E-state index in [2.05, 4.69) is 5.32 Å². The van der Waals surface area contributed by atoms with Crippen molar-refractivity contribution in [3.8, 4) is 5.75 Å². The van der Waals surface area contributed by atoms with E-state index in [1.807, 2.05) is 6.92 Å². The third-order valence-electron chi connectivity index (χ3n) is 5.97. The number of benzene rings is 3. The van der Waals surface area contributed by atoms with Crippen LogP contribution >= 0.6 is 0 Å². The number of morpholine rings is 1. The molecule has 3 aromatic rings. The highest BCUT2D eigenvalue weighted by Gasteiger charge is 2.28. The molecule has 0 aliphatic carbocycles. The van der Waals surface area contributed by atoms with Crippen molar-refractivity contribution in [3.05, 3.63) is 83.9 Å². The van der Waals surface area contributed by atoms with Crippen molar-refractivity contribution in [2.45, 2.75) is 11.8 Å². The summed E-state index contributed by atoms with van der Waals surface area (Å²) >= 11 is 0. The first-order valence-corrected chi connectivity index (χ1v) is 13.2. The SMILES string of the molecule is COc1cccc(N(CC(=O)Nc2ccccc2C(=O)N2CCOCC2)S(=O)(=O)c2ccc(C)cc2)c1. The minimum absolute atomic E-state index is 0.0524. The highest BCUT2D eigenvalue weighted by Crippen LogP contribution is 2.27. The largest absolute Gasteiger partial charge is 0.497 e. The van der Waals surface area contributed by atoms with E-state index in [4.69, 9.17) is 9.47 Å². The van der Waals surface area contributed by atoms with E-state index in [0.717, 1.165) is 9.87 Å². The number of nitrogens with zero attached hydrogens (tertiary/aromatic N) is 2. The van der Waals surface area contributed by atoms with Crippen LogP contribution in [0.3, 0.4) is 0 Å². The minimum Gasteiger partial charge on any atom is -0.497 e. The average molecular weight is 524 g/mol. The Kier molecular flexibility index (Phi) is 8.10. The maximum absolute atomic E-state index is 13.6. The molecule has 0 aromatic heterocycles. The third kappa shape index (κ3) is 6.10. The first kappa shape index (κ1) is 26.2. The summed E-state index contributed by atoms with van der Waals surface area (Å²) in [6.45, 7) is 3.17. The minimum atomic E-state index is -4.10. The molecular formula is C27H29N3O6S. The Morgan fingerprint density at radius 2 is 1.70 bits per heavy atom. The van der Waals surface area contributed by atoms with Crippen molar-refractivity contribution in [1.82, 2.24) is 4.90 Å². The molecule has 1 heterocycles. The molecule has 0 unspecified atom stereocenters. The lowest BCUT2D eigenvalue weighted by Gasteiger charge is -2.28. The fourth-order valence-electron chi connectivity index (χ4n) is 3.95. The number of carbonyl (C=O) groups is 2. The molecule has 37 heavy (non-hydrogen) atoms. The lowest BCUT2D eigenvalue weighted by Crippen LogP contribution is -2.41. The van der Waals surface area contributed by atoms with Gasteiger partial charge < -0.3 is 19.7 Å². The fraction of sp³-hybridized carbons (Fsp3) is 0.259. The highest BCUT2D eigenvalue weighted by molar-refractivity contribution is 7.92. The molecule has 0 saturated carbocycles. The second kappa shape index (κ2) is 11.4. The number of nitrogens with one attached hydrogen (secondary N) is 1. The molecule has 10 heteroatoms. The van der Waals surface area contributed by atoms with Crippen LogP contribution in [0.4, 0.5) is 11.4 Å². The van der Waals surface area contributed by atoms with Gasteiger partial charge in [-0.3, -0.25) is 13.9 Å². The molecule has 4 rings (SSSR count). The Bertz CT molecular complexity index is 1370. The third-order valence-corrected chi connectivity index (χ3v) is 7.76. The maximum Gasteiger partial charge on any atom is 0.264 e. The number of hydrogen-bond donors (Lipinski definition) is 1. The second-order valence-electron chi connectivity index (χ2n) is 8.52. The predicted molar refractivity (Wildman–Crippen MR) is 140 cm³/mol. The standard InChI is InChI=1S/C27H29N3O6S/c1-20-10-12-23(13-11-20)37(33,34)30(21-6-5-7-22(18-21)35-2)19-26(31)28-25-9-4-3-8-24(25)27(32)29-14-16-36-17-15-29/h3-13,18H,14-17,19H2,1-2H3,(H,28,31). The van der Waals surface area contributed by atoms with Gasteiger partial charge in [-0.25, -0.2) is 8.42 Å². The number of sulfonamides is 1. The van der Waals surface area contributed by atoms with Crippen LogP contribution in [0, 0.1) is 6.92 Å². The molecular weight excluding hydrogens is 494 g/mol. The number of methoxy groups -OCH3 is 1. The summed E-state index contributed by atoms with van der Waals surface area (Å²) in [5, 5.41) is 2.74. The summed E-state index contributed by atoms with van der Waals surface area (Å²) in [6, 6.07) is 19.6. The van der Waals surface area contributed by atoms with Crippen LogP contribution in [0.25, 0.3) is 0 Å². The van der Waals surface area contributed by atoms with Crippen molar-refractivity contribution < 1.29 is 27.5 Å². The zero-order valence-electron chi connectivity index (χ0n) is 20.7. The highest BCUT2D eigenvalue weighted by atomic mass is 32.2. The summed E-state index contributed by atoms with van der Waals surface area (Å²) in [4.78, 5) is 28.0. The monoisotopic (exact) mass is 523 g/mol. The van der Waals surface area contributed by atoms with Gasteiger partial charge in [-0.1, -0.05) is 35.9 Å². The normalized spacial score (nSPS) is 13.6. The van der Waals surface area contributed by atoms with Crippen LogP contribution in [0.15, 0.2) is 77.7 Å². The van der Waals surface area contributed by atoms with E-state index < -0.39 is 22.5 Å². The van der Waals surface area contributed by atoms with E-state index in [1.54, 1.807) is 65.6 Å². The Morgan fingerprint density at radius 1 is 1.00 bits per heavy atom. The number of aryl methyl sites for hydroxylation is 1. The number of carbonyl (C=O) groups excluding carboxylic acids is 2. The number of anilines is 2. The van der Waals surface area contributed by atoms with Crippen LogP contribution in [0.5, 0.6) is 5.75 Å². The number of amides is 2. The molecule has 2 amide bonds. The molecule has 0 bridgehead atoms. The smallest absolute Gasteiger partial charge is 0.264 e. The molecule has 1 aliphatic rings. The van der Waals surface area contributed by atoms with E-state index in [0.29, 0.717) is 43.3 Å². The first-order chi connectivity index (χ1) is 17.8. The van der Waals surface area contributed by atoms with Gasteiger partial charge in [0.05, 0.1) is 42.2 Å². The molecule has 1 aliphatic heterocycles. The molecule has 1 saturated heterocycles. The quantitative estimate of drug-likeness (QED) is 0.486. The Labute approximate surface area is 216 Å². The van der Waals surface area contributed by atoms with Crippen molar-refractivity contribution in [2.75, 3.05) is 49.6 Å². The van der Waals surface area contributed by atoms with Gasteiger partial charge in [-0.15, -0.1) is 0 Å². The van der Waals surface area contributed by atoms with Crippen LogP contribution in [0.2, 0.25) is 0 Å². The van der Waals surface area contributed by atoms with E-state index in [1.165, 1.54) is 19.2 Å². The molecule has 3 aromatic carbocycles. The maximum atomic E-state index is 13.6. The summed E-state index contributed by atoms with van der Waals surface area (Å²) < 4.78 is 38.9. The van der Waals surface area contributed by atoms with Crippen molar-refractivity contribution in [2.24, 2.45) is 0 Å². The zero-order chi connectivity index (χ0) is 26.4. The Hall–Kier alpha value is -3.89. The summed E-state index contributed by atoms with van der Waals surface area (Å²) in [5.74, 6) is -0.375. The van der Waals surface area contributed by atoms with Gasteiger partial charge >= 0.3 is 0 Å². The van der Waals surface area contributed by atoms with Gasteiger partial charge in [-0.2, -0.15) is 0 Å². The number of ether oxygens (including phenoxy) is 2. The van der Waals surface area contributed by atoms with Crippen LogP contribution in [0.1, 0.15) is 15.9 Å². The molecule has 9 nitrogen and oxygen atoms in total. The van der Waals surface area contributed by atoms with Crippen LogP contribution < -0.4 is 14.4 Å². The van der Waals surface area contributed by atoms with E-state index >= 15 is 0 Å². The van der Waals surface area contributed by atoms with Crippen molar-refractivity contribution in [3.63, 3.8) is 0 Å². The van der Waals surface area contributed by atoms with Crippen LogP contribution in [-0.2, 0) is 19.6 Å². The van der Waals surface area contributed by atoms with Gasteiger partial charge in [0, 0.05) is 19.2 Å². The molecule has 1 N–H and O–H groups in total. The topological polar surface area (TPSA) is 105 Å². The Morgan fingerprint density at radius 3 is 2.41 bits per heavy atom. The number of rotatable bonds is 8. The predicted octanol–water partition coefficient (Wildman–Crippen LogP) is 3.31. The summed E-state index contributed by atoms with van der Waals surface area (Å²) in [5.41, 5.74) is 1.81. The fourth-order valence-corrected chi connectivity index (χ4v) is 5.37. The number of hydrogen-bond acceptors (Lipinski definition) is 6. The van der Waals surface area contributed by atoms with Crippen molar-refractivity contribution in [1.29, 1.82) is 0 Å². The van der Waals surface area contributed by atoms with Gasteiger partial charge in [0.2, 0.25) is 5.91 Å². The molecule has 0 atom stereocenters. The molecule has 0 radical (unpaired) electrons. The van der Waals surface area contributed by atoms with Gasteiger partial charge in [0.1, 0.15) is 12.3 Å². The average Bonchev–Trinajstić information content (AvgIpc) is 2.92. The zero-order valence-corrected chi connectivity index (χ0v) is 21.5. The van der Waals surface area contributed by atoms with Gasteiger partial charge in [-0.05, 0) is 43.3 Å². The second-order valence-corrected chi connectivity index (χ2v) is 10.4. The molecule has 194 valence electrons. The summed E-state index contributed by atoms with van der Waals surface area (Å²) in [6.07, 6.45) is 0. The molecule has 0 spiro atoms. The first-order valence-electron chi connectivity index (χ1n) is 11.8. The number of para-hydroxylation sites is 1.